The molecule has 1 heterocycles. The molecule has 0 radical (unpaired) electrons. The second-order valence-corrected chi connectivity index (χ2v) is 7.32. The predicted octanol–water partition coefficient (Wildman–Crippen LogP) is 2.84. The fraction of sp³-hybridized carbons (Fsp3) is 1.00. The standard InChI is InChI=1S/C15H29FN2/c1-14(2,3)13-4-6-15(16,7-5-13)12-18-10-8-17-9-11-18/h13,17H,4-12H2,1-3H3. The Hall–Kier alpha value is -0.150. The zero-order valence-electron chi connectivity index (χ0n) is 12.3. The van der Waals surface area contributed by atoms with Gasteiger partial charge in [-0.05, 0) is 37.0 Å². The molecule has 0 aromatic rings. The second-order valence-electron chi connectivity index (χ2n) is 7.32. The minimum absolute atomic E-state index is 0.344. The molecule has 1 saturated carbocycles. The van der Waals surface area contributed by atoms with Crippen molar-refractivity contribution in [3.8, 4) is 0 Å². The molecule has 1 aliphatic carbocycles. The van der Waals surface area contributed by atoms with Crippen molar-refractivity contribution in [2.75, 3.05) is 32.7 Å². The molecule has 1 aliphatic heterocycles. The molecule has 1 N–H and O–H groups in total. The molecule has 2 aliphatic rings. The van der Waals surface area contributed by atoms with Crippen molar-refractivity contribution in [1.29, 1.82) is 0 Å². The van der Waals surface area contributed by atoms with Crippen molar-refractivity contribution in [3.05, 3.63) is 0 Å². The fourth-order valence-electron chi connectivity index (χ4n) is 3.43. The zero-order chi connectivity index (χ0) is 13.2. The molecule has 106 valence electrons. The lowest BCUT2D eigenvalue weighted by Gasteiger charge is -2.42. The van der Waals surface area contributed by atoms with Gasteiger partial charge in [0.1, 0.15) is 5.67 Å². The van der Waals surface area contributed by atoms with E-state index in [9.17, 15) is 4.39 Å². The van der Waals surface area contributed by atoms with Gasteiger partial charge in [0.15, 0.2) is 0 Å². The summed E-state index contributed by atoms with van der Waals surface area (Å²) >= 11 is 0. The van der Waals surface area contributed by atoms with Crippen LogP contribution >= 0.6 is 0 Å². The highest BCUT2D eigenvalue weighted by Crippen LogP contribution is 2.43. The van der Waals surface area contributed by atoms with E-state index in [0.717, 1.165) is 51.9 Å². The number of halogens is 1. The summed E-state index contributed by atoms with van der Waals surface area (Å²) in [5.74, 6) is 0.699. The Morgan fingerprint density at radius 3 is 2.22 bits per heavy atom. The molecule has 0 atom stereocenters. The molecule has 2 fully saturated rings. The van der Waals surface area contributed by atoms with Crippen molar-refractivity contribution in [1.82, 2.24) is 10.2 Å². The van der Waals surface area contributed by atoms with Crippen LogP contribution in [0.3, 0.4) is 0 Å². The van der Waals surface area contributed by atoms with E-state index in [1.807, 2.05) is 0 Å². The van der Waals surface area contributed by atoms with Gasteiger partial charge in [-0.25, -0.2) is 4.39 Å². The van der Waals surface area contributed by atoms with Crippen LogP contribution in [0.2, 0.25) is 0 Å². The highest BCUT2D eigenvalue weighted by molar-refractivity contribution is 4.92. The third-order valence-electron chi connectivity index (χ3n) is 4.82. The smallest absolute Gasteiger partial charge is 0.123 e. The molecule has 0 aromatic heterocycles. The van der Waals surface area contributed by atoms with E-state index in [-0.39, 0.29) is 0 Å². The summed E-state index contributed by atoms with van der Waals surface area (Å²) in [7, 11) is 0. The number of rotatable bonds is 2. The van der Waals surface area contributed by atoms with Crippen LogP contribution in [0, 0.1) is 11.3 Å². The number of piperazine rings is 1. The van der Waals surface area contributed by atoms with Gasteiger partial charge in [0.05, 0.1) is 0 Å². The summed E-state index contributed by atoms with van der Waals surface area (Å²) in [4.78, 5) is 2.30. The normalized spacial score (nSPS) is 35.7. The van der Waals surface area contributed by atoms with Crippen LogP contribution < -0.4 is 5.32 Å². The van der Waals surface area contributed by atoms with Gasteiger partial charge in [-0.1, -0.05) is 20.8 Å². The van der Waals surface area contributed by atoms with E-state index < -0.39 is 5.67 Å². The monoisotopic (exact) mass is 256 g/mol. The van der Waals surface area contributed by atoms with Gasteiger partial charge < -0.3 is 5.32 Å². The summed E-state index contributed by atoms with van der Waals surface area (Å²) in [5.41, 5.74) is -0.574. The van der Waals surface area contributed by atoms with Gasteiger partial charge in [0, 0.05) is 32.7 Å². The lowest BCUT2D eigenvalue weighted by Crippen LogP contribution is -2.50. The van der Waals surface area contributed by atoms with Crippen LogP contribution in [0.15, 0.2) is 0 Å². The first-order chi connectivity index (χ1) is 8.39. The highest BCUT2D eigenvalue weighted by Gasteiger charge is 2.39. The number of nitrogens with one attached hydrogen (secondary N) is 1. The number of alkyl halides is 1. The second kappa shape index (κ2) is 5.46. The Kier molecular flexibility index (Phi) is 4.32. The average Bonchev–Trinajstić information content (AvgIpc) is 2.29. The van der Waals surface area contributed by atoms with Crippen LogP contribution in [-0.2, 0) is 0 Å². The van der Waals surface area contributed by atoms with Crippen molar-refractivity contribution in [2.45, 2.75) is 52.1 Å². The maximum absolute atomic E-state index is 14.9. The summed E-state index contributed by atoms with van der Waals surface area (Å²) in [5, 5.41) is 3.33. The first-order valence-electron chi connectivity index (χ1n) is 7.51. The first-order valence-corrected chi connectivity index (χ1v) is 7.51. The maximum atomic E-state index is 14.9. The molecule has 1 saturated heterocycles. The van der Waals surface area contributed by atoms with Crippen LogP contribution in [0.4, 0.5) is 4.39 Å². The molecule has 0 amide bonds. The van der Waals surface area contributed by atoms with Crippen molar-refractivity contribution >= 4 is 0 Å². The molecule has 2 nitrogen and oxygen atoms in total. The van der Waals surface area contributed by atoms with E-state index >= 15 is 0 Å². The van der Waals surface area contributed by atoms with Crippen molar-refractivity contribution < 1.29 is 4.39 Å². The molecule has 0 unspecified atom stereocenters. The number of hydrogen-bond donors (Lipinski definition) is 1. The molecule has 0 bridgehead atoms. The van der Waals surface area contributed by atoms with Gasteiger partial charge in [0.2, 0.25) is 0 Å². The molecule has 18 heavy (non-hydrogen) atoms. The highest BCUT2D eigenvalue weighted by atomic mass is 19.1. The molecule has 0 spiro atoms. The van der Waals surface area contributed by atoms with Crippen LogP contribution in [0.1, 0.15) is 46.5 Å². The summed E-state index contributed by atoms with van der Waals surface area (Å²) in [6.45, 7) is 11.6. The zero-order valence-corrected chi connectivity index (χ0v) is 12.3. The van der Waals surface area contributed by atoms with E-state index in [1.165, 1.54) is 0 Å². The van der Waals surface area contributed by atoms with Gasteiger partial charge >= 0.3 is 0 Å². The molecular formula is C15H29FN2. The van der Waals surface area contributed by atoms with Gasteiger partial charge in [0.25, 0.3) is 0 Å². The van der Waals surface area contributed by atoms with E-state index in [2.05, 4.69) is 31.0 Å². The first kappa shape index (κ1) is 14.3. The van der Waals surface area contributed by atoms with E-state index in [0.29, 0.717) is 17.9 Å². The number of nitrogens with zero attached hydrogens (tertiary/aromatic N) is 1. The lowest BCUT2D eigenvalue weighted by molar-refractivity contribution is 0.0161. The molecule has 3 heteroatoms. The average molecular weight is 256 g/mol. The van der Waals surface area contributed by atoms with Crippen molar-refractivity contribution in [2.24, 2.45) is 11.3 Å². The fourth-order valence-corrected chi connectivity index (χ4v) is 3.43. The molecule has 0 aromatic carbocycles. The molecule has 2 rings (SSSR count). The lowest BCUT2D eigenvalue weighted by atomic mass is 9.69. The minimum atomic E-state index is -0.918. The van der Waals surface area contributed by atoms with E-state index in [1.54, 1.807) is 0 Å². The minimum Gasteiger partial charge on any atom is -0.314 e. The predicted molar refractivity (Wildman–Crippen MR) is 74.6 cm³/mol. The third-order valence-corrected chi connectivity index (χ3v) is 4.82. The topological polar surface area (TPSA) is 15.3 Å². The van der Waals surface area contributed by atoms with Crippen molar-refractivity contribution in [3.63, 3.8) is 0 Å². The Labute approximate surface area is 111 Å². The third kappa shape index (κ3) is 3.67. The molecular weight excluding hydrogens is 227 g/mol. The van der Waals surface area contributed by atoms with Crippen LogP contribution in [0.5, 0.6) is 0 Å². The SMILES string of the molecule is CC(C)(C)C1CCC(F)(CN2CCNCC2)CC1. The van der Waals surface area contributed by atoms with Gasteiger partial charge in [-0.2, -0.15) is 0 Å². The quantitative estimate of drug-likeness (QED) is 0.817. The Morgan fingerprint density at radius 1 is 1.17 bits per heavy atom. The van der Waals surface area contributed by atoms with E-state index in [4.69, 9.17) is 0 Å². The summed E-state index contributed by atoms with van der Waals surface area (Å²) in [6, 6.07) is 0. The Balaban J connectivity index is 1.83. The maximum Gasteiger partial charge on any atom is 0.123 e. The summed E-state index contributed by atoms with van der Waals surface area (Å²) < 4.78 is 14.9. The van der Waals surface area contributed by atoms with Crippen LogP contribution in [0.25, 0.3) is 0 Å². The largest absolute Gasteiger partial charge is 0.314 e. The van der Waals surface area contributed by atoms with Crippen LogP contribution in [-0.4, -0.2) is 43.3 Å². The number of hydrogen-bond acceptors (Lipinski definition) is 2. The Bertz CT molecular complexity index is 258. The Morgan fingerprint density at radius 2 is 1.72 bits per heavy atom. The van der Waals surface area contributed by atoms with Gasteiger partial charge in [-0.15, -0.1) is 0 Å². The van der Waals surface area contributed by atoms with Gasteiger partial charge in [-0.3, -0.25) is 4.90 Å². The summed E-state index contributed by atoms with van der Waals surface area (Å²) in [6.07, 6.45) is 3.65.